The maximum Gasteiger partial charge on any atom is 0.344 e. The third-order valence-corrected chi connectivity index (χ3v) is 6.77. The number of ether oxygens (including phenoxy) is 2. The zero-order chi connectivity index (χ0) is 17.5. The molecule has 0 aliphatic heterocycles. The van der Waals surface area contributed by atoms with Crippen LogP contribution < -0.4 is 0 Å². The van der Waals surface area contributed by atoms with Crippen LogP contribution in [0.3, 0.4) is 0 Å². The predicted octanol–water partition coefficient (Wildman–Crippen LogP) is 2.70. The summed E-state index contributed by atoms with van der Waals surface area (Å²) < 4.78 is 10.4. The molecule has 0 unspecified atom stereocenters. The van der Waals surface area contributed by atoms with E-state index in [1.54, 1.807) is 13.8 Å². The van der Waals surface area contributed by atoms with Crippen LogP contribution in [0.15, 0.2) is 0 Å². The molecule has 0 radical (unpaired) electrons. The molecule has 0 aromatic rings. The van der Waals surface area contributed by atoms with E-state index >= 15 is 0 Å². The molecular weight excluding hydrogens is 308 g/mol. The highest BCUT2D eigenvalue weighted by Crippen LogP contribution is 2.58. The van der Waals surface area contributed by atoms with Gasteiger partial charge in [-0.15, -0.1) is 0 Å². The van der Waals surface area contributed by atoms with Crippen molar-refractivity contribution in [3.8, 4) is 0 Å². The van der Waals surface area contributed by atoms with Crippen LogP contribution in [0.1, 0.15) is 59.3 Å². The van der Waals surface area contributed by atoms with E-state index in [0.717, 1.165) is 37.5 Å². The highest BCUT2D eigenvalue weighted by Gasteiger charge is 2.57. The van der Waals surface area contributed by atoms with Crippen LogP contribution >= 0.6 is 0 Å². The van der Waals surface area contributed by atoms with E-state index in [4.69, 9.17) is 9.47 Å². The minimum atomic E-state index is -0.879. The number of aliphatic hydroxyl groups is 1. The summed E-state index contributed by atoms with van der Waals surface area (Å²) in [5, 5.41) is 11.1. The first-order chi connectivity index (χ1) is 11.2. The van der Waals surface area contributed by atoms with Crippen molar-refractivity contribution < 1.29 is 24.2 Å². The molecule has 0 atom stereocenters. The highest BCUT2D eigenvalue weighted by molar-refractivity contribution is 5.79. The molecule has 0 aromatic carbocycles. The summed E-state index contributed by atoms with van der Waals surface area (Å²) in [6, 6.07) is 0. The topological polar surface area (TPSA) is 72.8 Å². The first kappa shape index (κ1) is 17.7. The lowest BCUT2D eigenvalue weighted by Crippen LogP contribution is -2.60. The molecule has 1 N–H and O–H groups in total. The number of esters is 2. The molecule has 24 heavy (non-hydrogen) atoms. The van der Waals surface area contributed by atoms with Crippen molar-refractivity contribution in [3.05, 3.63) is 0 Å². The van der Waals surface area contributed by atoms with Crippen molar-refractivity contribution in [1.29, 1.82) is 0 Å². The van der Waals surface area contributed by atoms with Crippen LogP contribution in [0.2, 0.25) is 0 Å². The maximum absolute atomic E-state index is 11.9. The van der Waals surface area contributed by atoms with E-state index in [9.17, 15) is 14.7 Å². The monoisotopic (exact) mass is 338 g/mol. The second-order valence-corrected chi connectivity index (χ2v) is 8.77. The highest BCUT2D eigenvalue weighted by atomic mass is 16.6. The molecule has 136 valence electrons. The Morgan fingerprint density at radius 1 is 1.04 bits per heavy atom. The summed E-state index contributed by atoms with van der Waals surface area (Å²) >= 11 is 0. The van der Waals surface area contributed by atoms with Crippen LogP contribution in [0.4, 0.5) is 0 Å². The van der Waals surface area contributed by atoms with E-state index in [2.05, 4.69) is 0 Å². The van der Waals surface area contributed by atoms with E-state index in [-0.39, 0.29) is 25.0 Å². The van der Waals surface area contributed by atoms with Crippen molar-refractivity contribution in [3.63, 3.8) is 0 Å². The molecule has 5 heteroatoms. The number of carbonyl (C=O) groups is 2. The lowest BCUT2D eigenvalue weighted by atomic mass is 9.50. The molecular formula is C19H30O5. The third kappa shape index (κ3) is 3.19. The van der Waals surface area contributed by atoms with Gasteiger partial charge in [-0.3, -0.25) is 4.79 Å². The fourth-order valence-electron chi connectivity index (χ4n) is 4.94. The second kappa shape index (κ2) is 6.32. The summed E-state index contributed by atoms with van der Waals surface area (Å²) in [5.41, 5.74) is -1.48. The minimum absolute atomic E-state index is 0.0370. The Bertz CT molecular complexity index is 482. The van der Waals surface area contributed by atoms with Gasteiger partial charge in [-0.1, -0.05) is 6.92 Å². The van der Waals surface area contributed by atoms with Gasteiger partial charge in [0.25, 0.3) is 0 Å². The number of carbonyl (C=O) groups excluding carboxylic acids is 2. The van der Waals surface area contributed by atoms with Gasteiger partial charge in [-0.05, 0) is 76.0 Å². The van der Waals surface area contributed by atoms with E-state index < -0.39 is 23.0 Å². The van der Waals surface area contributed by atoms with Gasteiger partial charge >= 0.3 is 11.9 Å². The van der Waals surface area contributed by atoms with Gasteiger partial charge in [0.05, 0.1) is 5.41 Å². The first-order valence-corrected chi connectivity index (χ1v) is 9.30. The van der Waals surface area contributed by atoms with Gasteiger partial charge in [-0.2, -0.15) is 0 Å². The normalized spacial score (nSPS) is 37.3. The minimum Gasteiger partial charge on any atom is -0.460 e. The summed E-state index contributed by atoms with van der Waals surface area (Å²) in [6.07, 6.45) is 6.18. The summed E-state index contributed by atoms with van der Waals surface area (Å²) in [5.74, 6) is 1.04. The van der Waals surface area contributed by atoms with Crippen LogP contribution in [0.25, 0.3) is 0 Å². The molecule has 4 saturated carbocycles. The van der Waals surface area contributed by atoms with Gasteiger partial charge < -0.3 is 14.6 Å². The molecule has 4 aliphatic carbocycles. The van der Waals surface area contributed by atoms with Gasteiger partial charge in [0, 0.05) is 0 Å². The van der Waals surface area contributed by atoms with Crippen LogP contribution in [-0.2, 0) is 19.1 Å². The Hall–Kier alpha value is -1.10. The average Bonchev–Trinajstić information content (AvgIpc) is 2.55. The van der Waals surface area contributed by atoms with Crippen LogP contribution in [0.5, 0.6) is 0 Å². The maximum atomic E-state index is 11.9. The molecule has 5 nitrogen and oxygen atoms in total. The molecule has 0 heterocycles. The fourth-order valence-corrected chi connectivity index (χ4v) is 4.94. The molecule has 4 aliphatic rings. The van der Waals surface area contributed by atoms with Crippen LogP contribution in [0, 0.1) is 29.1 Å². The van der Waals surface area contributed by atoms with Crippen LogP contribution in [-0.4, -0.2) is 35.9 Å². The van der Waals surface area contributed by atoms with Crippen molar-refractivity contribution in [2.75, 3.05) is 13.2 Å². The van der Waals surface area contributed by atoms with Crippen molar-refractivity contribution in [2.45, 2.75) is 64.9 Å². The SMILES string of the molecule is CCC(C)(C)C(=O)OCC(=O)OCC1(O)C2CC3CC(C2)CC1C3. The number of rotatable bonds is 6. The Kier molecular flexibility index (Phi) is 4.67. The van der Waals surface area contributed by atoms with Crippen molar-refractivity contribution in [1.82, 2.24) is 0 Å². The number of hydrogen-bond acceptors (Lipinski definition) is 5. The summed E-state index contributed by atoms with van der Waals surface area (Å²) in [6.45, 7) is 5.14. The third-order valence-electron chi connectivity index (χ3n) is 6.77. The zero-order valence-corrected chi connectivity index (χ0v) is 15.0. The molecule has 0 aromatic heterocycles. The second-order valence-electron chi connectivity index (χ2n) is 8.77. The summed E-state index contributed by atoms with van der Waals surface area (Å²) in [7, 11) is 0. The lowest BCUT2D eigenvalue weighted by Gasteiger charge is -2.58. The van der Waals surface area contributed by atoms with Crippen molar-refractivity contribution in [2.24, 2.45) is 29.1 Å². The van der Waals surface area contributed by atoms with E-state index in [1.165, 1.54) is 6.42 Å². The van der Waals surface area contributed by atoms with Gasteiger partial charge in [-0.25, -0.2) is 4.79 Å². The molecule has 0 saturated heterocycles. The van der Waals surface area contributed by atoms with Gasteiger partial charge in [0.2, 0.25) is 0 Å². The fraction of sp³-hybridized carbons (Fsp3) is 0.895. The summed E-state index contributed by atoms with van der Waals surface area (Å²) in [4.78, 5) is 23.8. The molecule has 0 spiro atoms. The Morgan fingerprint density at radius 2 is 1.58 bits per heavy atom. The average molecular weight is 338 g/mol. The Morgan fingerprint density at radius 3 is 2.08 bits per heavy atom. The van der Waals surface area contributed by atoms with E-state index in [1.807, 2.05) is 6.92 Å². The van der Waals surface area contributed by atoms with E-state index in [0.29, 0.717) is 6.42 Å². The Labute approximate surface area is 144 Å². The van der Waals surface area contributed by atoms with Crippen molar-refractivity contribution >= 4 is 11.9 Å². The zero-order valence-electron chi connectivity index (χ0n) is 15.0. The predicted molar refractivity (Wildman–Crippen MR) is 88.0 cm³/mol. The smallest absolute Gasteiger partial charge is 0.344 e. The largest absolute Gasteiger partial charge is 0.460 e. The molecule has 0 amide bonds. The van der Waals surface area contributed by atoms with Gasteiger partial charge in [0.15, 0.2) is 6.61 Å². The first-order valence-electron chi connectivity index (χ1n) is 9.30. The standard InChI is InChI=1S/C19H30O5/c1-4-18(2,3)17(21)23-10-16(20)24-11-19(22)14-6-12-5-13(8-14)9-15(19)7-12/h12-15,22H,4-11H2,1-3H3. The molecule has 4 fully saturated rings. The molecule has 4 rings (SSSR count). The number of hydrogen-bond donors (Lipinski definition) is 1. The quantitative estimate of drug-likeness (QED) is 0.754. The Balaban J connectivity index is 1.49. The van der Waals surface area contributed by atoms with Gasteiger partial charge in [0.1, 0.15) is 12.2 Å². The molecule has 4 bridgehead atoms. The lowest BCUT2D eigenvalue weighted by molar-refractivity contribution is -0.205.